The van der Waals surface area contributed by atoms with Gasteiger partial charge >= 0.3 is 0 Å². The van der Waals surface area contributed by atoms with Gasteiger partial charge in [0, 0.05) is 37.1 Å². The fourth-order valence-corrected chi connectivity index (χ4v) is 3.59. The Morgan fingerprint density at radius 2 is 2.03 bits per heavy atom. The average molecular weight is 423 g/mol. The monoisotopic (exact) mass is 422 g/mol. The molecule has 0 saturated carbocycles. The van der Waals surface area contributed by atoms with Gasteiger partial charge in [-0.25, -0.2) is 4.98 Å². The second kappa shape index (κ2) is 8.20. The first-order chi connectivity index (χ1) is 14.4. The summed E-state index contributed by atoms with van der Waals surface area (Å²) in [6.45, 7) is 6.06. The minimum atomic E-state index is -0.698. The lowest BCUT2D eigenvalue weighted by Crippen LogP contribution is -2.29. The van der Waals surface area contributed by atoms with Gasteiger partial charge in [-0.1, -0.05) is 12.1 Å². The Morgan fingerprint density at radius 1 is 1.20 bits per heavy atom. The van der Waals surface area contributed by atoms with E-state index in [1.165, 1.54) is 6.08 Å². The third-order valence-electron chi connectivity index (χ3n) is 4.26. The van der Waals surface area contributed by atoms with Crippen molar-refractivity contribution in [2.45, 2.75) is 33.2 Å². The molecule has 1 aromatic heterocycles. The van der Waals surface area contributed by atoms with Crippen molar-refractivity contribution in [3.05, 3.63) is 70.2 Å². The van der Waals surface area contributed by atoms with Crippen molar-refractivity contribution in [3.8, 4) is 17.2 Å². The van der Waals surface area contributed by atoms with Crippen LogP contribution in [0.2, 0.25) is 0 Å². The van der Waals surface area contributed by atoms with Crippen LogP contribution in [-0.2, 0) is 11.4 Å². The van der Waals surface area contributed by atoms with E-state index in [1.807, 2.05) is 50.4 Å². The van der Waals surface area contributed by atoms with Crippen LogP contribution in [0.15, 0.2) is 53.9 Å². The van der Waals surface area contributed by atoms with Crippen LogP contribution < -0.4 is 19.5 Å². The number of carbonyl (C=O) groups is 1. The number of nitrogens with zero attached hydrogens (tertiary/aromatic N) is 1. The van der Waals surface area contributed by atoms with Crippen LogP contribution in [0, 0.1) is 6.92 Å². The predicted molar refractivity (Wildman–Crippen MR) is 117 cm³/mol. The number of thiazole rings is 1. The van der Waals surface area contributed by atoms with E-state index in [4.69, 9.17) is 14.2 Å². The Hall–Kier alpha value is -3.32. The molecule has 1 aliphatic heterocycles. The maximum atomic E-state index is 12.3. The van der Waals surface area contributed by atoms with E-state index in [1.54, 1.807) is 35.6 Å². The maximum absolute atomic E-state index is 12.3. The zero-order valence-electron chi connectivity index (χ0n) is 17.0. The van der Waals surface area contributed by atoms with Crippen LogP contribution in [0.25, 0.3) is 6.08 Å². The number of rotatable bonds is 6. The Labute approximate surface area is 179 Å². The molecule has 154 valence electrons. The fraction of sp³-hybridized carbons (Fsp3) is 0.217. The van der Waals surface area contributed by atoms with Crippen molar-refractivity contribution in [2.75, 3.05) is 5.32 Å². The molecule has 0 saturated heterocycles. The minimum Gasteiger partial charge on any atom is -0.487 e. The standard InChI is InChI=1S/C23H22N2O4S/c1-15-24-18(14-30-15)13-27-19-6-4-5-16(11-19)7-10-22(26)25-17-8-9-20-21(12-17)29-23(2,3)28-20/h4-12,14H,13H2,1-3H3,(H,25,26)/b10-7+. The lowest BCUT2D eigenvalue weighted by atomic mass is 10.2. The van der Waals surface area contributed by atoms with E-state index in [0.717, 1.165) is 22.0 Å². The lowest BCUT2D eigenvalue weighted by Gasteiger charge is -2.16. The van der Waals surface area contributed by atoms with Gasteiger partial charge in [0.05, 0.1) is 10.7 Å². The van der Waals surface area contributed by atoms with E-state index >= 15 is 0 Å². The van der Waals surface area contributed by atoms with Gasteiger partial charge in [0.25, 0.3) is 0 Å². The summed E-state index contributed by atoms with van der Waals surface area (Å²) in [4.78, 5) is 16.7. The number of hydrogen-bond donors (Lipinski definition) is 1. The molecule has 0 fully saturated rings. The molecule has 1 amide bonds. The van der Waals surface area contributed by atoms with Crippen LogP contribution in [0.5, 0.6) is 17.2 Å². The Balaban J connectivity index is 1.35. The molecule has 4 rings (SSSR count). The number of carbonyl (C=O) groups excluding carboxylic acids is 1. The van der Waals surface area contributed by atoms with E-state index in [2.05, 4.69) is 10.3 Å². The first kappa shape index (κ1) is 20.0. The number of aryl methyl sites for hydroxylation is 1. The number of fused-ring (bicyclic) bond motifs is 1. The van der Waals surface area contributed by atoms with Gasteiger partial charge in [0.15, 0.2) is 11.5 Å². The summed E-state index contributed by atoms with van der Waals surface area (Å²) in [5.74, 6) is 1.06. The smallest absolute Gasteiger partial charge is 0.248 e. The van der Waals surface area contributed by atoms with Crippen molar-refractivity contribution in [2.24, 2.45) is 0 Å². The molecule has 2 aromatic carbocycles. The molecule has 30 heavy (non-hydrogen) atoms. The van der Waals surface area contributed by atoms with Gasteiger partial charge in [0.1, 0.15) is 12.4 Å². The molecule has 3 aromatic rings. The molecule has 0 radical (unpaired) electrons. The summed E-state index contributed by atoms with van der Waals surface area (Å²) < 4.78 is 17.2. The molecule has 0 aliphatic carbocycles. The Kier molecular flexibility index (Phi) is 5.46. The summed E-state index contributed by atoms with van der Waals surface area (Å²) in [7, 11) is 0. The molecule has 2 heterocycles. The average Bonchev–Trinajstić information content (AvgIpc) is 3.25. The highest BCUT2D eigenvalue weighted by Gasteiger charge is 2.31. The van der Waals surface area contributed by atoms with E-state index < -0.39 is 5.79 Å². The van der Waals surface area contributed by atoms with Gasteiger partial charge in [-0.3, -0.25) is 4.79 Å². The number of benzene rings is 2. The number of ether oxygens (including phenoxy) is 3. The van der Waals surface area contributed by atoms with Gasteiger partial charge < -0.3 is 19.5 Å². The molecule has 6 nitrogen and oxygen atoms in total. The van der Waals surface area contributed by atoms with E-state index in [9.17, 15) is 4.79 Å². The number of amides is 1. The molecule has 1 aliphatic rings. The predicted octanol–water partition coefficient (Wildman–Crippen LogP) is 5.19. The van der Waals surface area contributed by atoms with Crippen LogP contribution >= 0.6 is 11.3 Å². The van der Waals surface area contributed by atoms with E-state index in [-0.39, 0.29) is 5.91 Å². The second-order valence-corrected chi connectivity index (χ2v) is 8.37. The highest BCUT2D eigenvalue weighted by atomic mass is 32.1. The normalized spacial score (nSPS) is 14.1. The number of nitrogens with one attached hydrogen (secondary N) is 1. The Bertz CT molecular complexity index is 1100. The highest BCUT2D eigenvalue weighted by molar-refractivity contribution is 7.09. The molecule has 0 unspecified atom stereocenters. The number of anilines is 1. The van der Waals surface area contributed by atoms with Crippen molar-refractivity contribution >= 4 is 29.0 Å². The van der Waals surface area contributed by atoms with Crippen molar-refractivity contribution < 1.29 is 19.0 Å². The highest BCUT2D eigenvalue weighted by Crippen LogP contribution is 2.40. The molecule has 7 heteroatoms. The van der Waals surface area contributed by atoms with Crippen LogP contribution in [-0.4, -0.2) is 16.7 Å². The quantitative estimate of drug-likeness (QED) is 0.554. The topological polar surface area (TPSA) is 69.7 Å². The zero-order valence-corrected chi connectivity index (χ0v) is 17.8. The van der Waals surface area contributed by atoms with E-state index in [0.29, 0.717) is 23.8 Å². The van der Waals surface area contributed by atoms with Crippen molar-refractivity contribution in [1.29, 1.82) is 0 Å². The molecular formula is C23H22N2O4S. The third kappa shape index (κ3) is 4.99. The number of hydrogen-bond acceptors (Lipinski definition) is 6. The Morgan fingerprint density at radius 3 is 2.83 bits per heavy atom. The molecule has 0 spiro atoms. The largest absolute Gasteiger partial charge is 0.487 e. The summed E-state index contributed by atoms with van der Waals surface area (Å²) in [5, 5.41) is 5.84. The maximum Gasteiger partial charge on any atom is 0.248 e. The second-order valence-electron chi connectivity index (χ2n) is 7.31. The summed E-state index contributed by atoms with van der Waals surface area (Å²) in [6, 6.07) is 12.9. The van der Waals surface area contributed by atoms with Gasteiger partial charge in [-0.05, 0) is 42.8 Å². The zero-order chi connectivity index (χ0) is 21.1. The summed E-state index contributed by atoms with van der Waals surface area (Å²) >= 11 is 1.60. The van der Waals surface area contributed by atoms with Gasteiger partial charge in [0.2, 0.25) is 11.7 Å². The first-order valence-corrected chi connectivity index (χ1v) is 10.4. The minimum absolute atomic E-state index is 0.239. The summed E-state index contributed by atoms with van der Waals surface area (Å²) in [6.07, 6.45) is 3.22. The number of aromatic nitrogens is 1. The van der Waals surface area contributed by atoms with Crippen molar-refractivity contribution in [1.82, 2.24) is 4.98 Å². The summed E-state index contributed by atoms with van der Waals surface area (Å²) in [5.41, 5.74) is 2.41. The van der Waals surface area contributed by atoms with Crippen LogP contribution in [0.1, 0.15) is 30.1 Å². The van der Waals surface area contributed by atoms with Crippen LogP contribution in [0.3, 0.4) is 0 Å². The van der Waals surface area contributed by atoms with Crippen molar-refractivity contribution in [3.63, 3.8) is 0 Å². The van der Waals surface area contributed by atoms with Gasteiger partial charge in [-0.2, -0.15) is 0 Å². The first-order valence-electron chi connectivity index (χ1n) is 9.51. The SMILES string of the molecule is Cc1nc(COc2cccc(/C=C/C(=O)Nc3ccc4c(c3)OC(C)(C)O4)c2)cs1. The van der Waals surface area contributed by atoms with Gasteiger partial charge in [-0.15, -0.1) is 11.3 Å². The molecule has 0 atom stereocenters. The lowest BCUT2D eigenvalue weighted by molar-refractivity contribution is -0.111. The molecular weight excluding hydrogens is 400 g/mol. The molecule has 0 bridgehead atoms. The molecule has 1 N–H and O–H groups in total. The third-order valence-corrected chi connectivity index (χ3v) is 5.08. The fourth-order valence-electron chi connectivity index (χ4n) is 3.00. The van der Waals surface area contributed by atoms with Crippen LogP contribution in [0.4, 0.5) is 5.69 Å².